The average Bonchev–Trinajstić information content (AvgIpc) is 2.25. The van der Waals surface area contributed by atoms with Crippen LogP contribution in [0.2, 0.25) is 0 Å². The quantitative estimate of drug-likeness (QED) is 0.560. The van der Waals surface area contributed by atoms with E-state index in [4.69, 9.17) is 4.84 Å². The molecule has 0 bridgehead atoms. The number of rotatable bonds is 3. The normalized spacial score (nSPS) is 12.7. The van der Waals surface area contributed by atoms with E-state index in [1.165, 1.54) is 5.56 Å². The van der Waals surface area contributed by atoms with Gasteiger partial charge in [0.2, 0.25) is 0 Å². The van der Waals surface area contributed by atoms with Gasteiger partial charge < -0.3 is 4.84 Å². The van der Waals surface area contributed by atoms with Gasteiger partial charge in [-0.2, -0.15) is 0 Å². The van der Waals surface area contributed by atoms with Crippen LogP contribution in [0.25, 0.3) is 0 Å². The van der Waals surface area contributed by atoms with Gasteiger partial charge in [-0.05, 0) is 36.5 Å². The standard InChI is InChI=1S/C14H21NO/c1-6-16-15-11(2)12-8-7-9-13(10-12)14(3,4)5/h7-10H,6H2,1-5H3. The Morgan fingerprint density at radius 2 is 2.00 bits per heavy atom. The molecule has 0 aliphatic carbocycles. The Labute approximate surface area is 98.3 Å². The number of nitrogens with zero attached hydrogens (tertiary/aromatic N) is 1. The molecular formula is C14H21NO. The topological polar surface area (TPSA) is 21.6 Å². The minimum atomic E-state index is 0.169. The van der Waals surface area contributed by atoms with Gasteiger partial charge in [-0.15, -0.1) is 0 Å². The van der Waals surface area contributed by atoms with E-state index in [1.807, 2.05) is 13.8 Å². The molecule has 0 unspecified atom stereocenters. The molecule has 0 aromatic heterocycles. The van der Waals surface area contributed by atoms with E-state index in [0.29, 0.717) is 6.61 Å². The predicted molar refractivity (Wildman–Crippen MR) is 69.0 cm³/mol. The number of hydrogen-bond donors (Lipinski definition) is 0. The molecule has 0 saturated carbocycles. The SMILES string of the molecule is CCON=C(C)c1cccc(C(C)(C)C)c1. The van der Waals surface area contributed by atoms with Crippen molar-refractivity contribution in [3.05, 3.63) is 35.4 Å². The molecule has 2 nitrogen and oxygen atoms in total. The van der Waals surface area contributed by atoms with E-state index in [-0.39, 0.29) is 5.41 Å². The molecular weight excluding hydrogens is 198 g/mol. The molecule has 16 heavy (non-hydrogen) atoms. The van der Waals surface area contributed by atoms with E-state index >= 15 is 0 Å². The lowest BCUT2D eigenvalue weighted by Crippen LogP contribution is -2.12. The van der Waals surface area contributed by atoms with E-state index < -0.39 is 0 Å². The first kappa shape index (κ1) is 12.8. The Morgan fingerprint density at radius 1 is 1.31 bits per heavy atom. The highest BCUT2D eigenvalue weighted by atomic mass is 16.6. The smallest absolute Gasteiger partial charge is 0.114 e. The fraction of sp³-hybridized carbons (Fsp3) is 0.500. The zero-order valence-electron chi connectivity index (χ0n) is 10.9. The third kappa shape index (κ3) is 3.37. The molecule has 0 spiro atoms. The first-order valence-corrected chi connectivity index (χ1v) is 5.72. The van der Waals surface area contributed by atoms with Crippen LogP contribution in [-0.4, -0.2) is 12.3 Å². The van der Waals surface area contributed by atoms with E-state index in [2.05, 4.69) is 50.2 Å². The first-order valence-electron chi connectivity index (χ1n) is 5.72. The minimum Gasteiger partial charge on any atom is -0.396 e. The second-order valence-electron chi connectivity index (χ2n) is 4.93. The lowest BCUT2D eigenvalue weighted by atomic mass is 9.86. The van der Waals surface area contributed by atoms with Gasteiger partial charge in [0.05, 0.1) is 5.71 Å². The van der Waals surface area contributed by atoms with Crippen LogP contribution >= 0.6 is 0 Å². The van der Waals surface area contributed by atoms with Crippen molar-refractivity contribution in [3.63, 3.8) is 0 Å². The van der Waals surface area contributed by atoms with Crippen molar-refractivity contribution in [1.82, 2.24) is 0 Å². The van der Waals surface area contributed by atoms with E-state index in [0.717, 1.165) is 11.3 Å². The summed E-state index contributed by atoms with van der Waals surface area (Å²) in [6.45, 7) is 11.1. The summed E-state index contributed by atoms with van der Waals surface area (Å²) >= 11 is 0. The Balaban J connectivity index is 2.99. The van der Waals surface area contributed by atoms with Gasteiger partial charge in [0.15, 0.2) is 0 Å². The first-order chi connectivity index (χ1) is 7.45. The third-order valence-corrected chi connectivity index (χ3v) is 2.48. The van der Waals surface area contributed by atoms with Gasteiger partial charge in [0.25, 0.3) is 0 Å². The summed E-state index contributed by atoms with van der Waals surface area (Å²) in [5.41, 5.74) is 3.53. The molecule has 0 radical (unpaired) electrons. The van der Waals surface area contributed by atoms with Crippen molar-refractivity contribution in [2.24, 2.45) is 5.16 Å². The molecule has 0 heterocycles. The van der Waals surface area contributed by atoms with Gasteiger partial charge in [0.1, 0.15) is 6.61 Å². The van der Waals surface area contributed by atoms with Crippen LogP contribution in [0.3, 0.4) is 0 Å². The van der Waals surface area contributed by atoms with Crippen molar-refractivity contribution in [1.29, 1.82) is 0 Å². The van der Waals surface area contributed by atoms with Gasteiger partial charge >= 0.3 is 0 Å². The van der Waals surface area contributed by atoms with Gasteiger partial charge in [-0.1, -0.05) is 44.1 Å². The average molecular weight is 219 g/mol. The number of oxime groups is 1. The molecule has 0 aliphatic heterocycles. The molecule has 0 amide bonds. The Bertz CT molecular complexity index is 375. The summed E-state index contributed by atoms with van der Waals surface area (Å²) in [5, 5.41) is 4.05. The molecule has 1 aromatic rings. The highest BCUT2D eigenvalue weighted by molar-refractivity contribution is 5.98. The molecule has 0 atom stereocenters. The maximum Gasteiger partial charge on any atom is 0.114 e. The Hall–Kier alpha value is -1.31. The van der Waals surface area contributed by atoms with Crippen LogP contribution in [0.5, 0.6) is 0 Å². The van der Waals surface area contributed by atoms with Gasteiger partial charge in [-0.25, -0.2) is 0 Å². The van der Waals surface area contributed by atoms with Crippen LogP contribution in [0.4, 0.5) is 0 Å². The summed E-state index contributed by atoms with van der Waals surface area (Å²) in [4.78, 5) is 5.06. The van der Waals surface area contributed by atoms with Crippen LogP contribution in [0.1, 0.15) is 45.7 Å². The second kappa shape index (κ2) is 5.15. The molecule has 0 aliphatic rings. The largest absolute Gasteiger partial charge is 0.396 e. The lowest BCUT2D eigenvalue weighted by molar-refractivity contribution is 0.159. The minimum absolute atomic E-state index is 0.169. The van der Waals surface area contributed by atoms with Crippen LogP contribution < -0.4 is 0 Å². The van der Waals surface area contributed by atoms with Gasteiger partial charge in [-0.3, -0.25) is 0 Å². The fourth-order valence-electron chi connectivity index (χ4n) is 1.42. The Kier molecular flexibility index (Phi) is 4.11. The molecule has 1 aromatic carbocycles. The lowest BCUT2D eigenvalue weighted by Gasteiger charge is -2.19. The van der Waals surface area contributed by atoms with Crippen LogP contribution in [0, 0.1) is 0 Å². The van der Waals surface area contributed by atoms with Crippen molar-refractivity contribution in [3.8, 4) is 0 Å². The predicted octanol–water partition coefficient (Wildman–Crippen LogP) is 3.74. The fourth-order valence-corrected chi connectivity index (χ4v) is 1.42. The van der Waals surface area contributed by atoms with Gasteiger partial charge in [0, 0.05) is 0 Å². The van der Waals surface area contributed by atoms with E-state index in [1.54, 1.807) is 0 Å². The van der Waals surface area contributed by atoms with Crippen molar-refractivity contribution < 1.29 is 4.84 Å². The highest BCUT2D eigenvalue weighted by Gasteiger charge is 2.14. The third-order valence-electron chi connectivity index (χ3n) is 2.48. The van der Waals surface area contributed by atoms with E-state index in [9.17, 15) is 0 Å². The summed E-state index contributed by atoms with van der Waals surface area (Å²) in [6, 6.07) is 8.46. The summed E-state index contributed by atoms with van der Waals surface area (Å²) in [7, 11) is 0. The molecule has 88 valence electrons. The monoisotopic (exact) mass is 219 g/mol. The number of benzene rings is 1. The zero-order valence-corrected chi connectivity index (χ0v) is 10.9. The zero-order chi connectivity index (χ0) is 12.2. The highest BCUT2D eigenvalue weighted by Crippen LogP contribution is 2.23. The molecule has 0 fully saturated rings. The molecule has 0 N–H and O–H groups in total. The summed E-state index contributed by atoms with van der Waals surface area (Å²) < 4.78 is 0. The maximum absolute atomic E-state index is 5.06. The molecule has 2 heteroatoms. The van der Waals surface area contributed by atoms with Crippen LogP contribution in [-0.2, 0) is 10.3 Å². The molecule has 1 rings (SSSR count). The summed E-state index contributed by atoms with van der Waals surface area (Å²) in [5.74, 6) is 0. The molecule has 0 saturated heterocycles. The van der Waals surface area contributed by atoms with Crippen molar-refractivity contribution >= 4 is 5.71 Å². The van der Waals surface area contributed by atoms with Crippen molar-refractivity contribution in [2.45, 2.75) is 40.0 Å². The van der Waals surface area contributed by atoms with Crippen LogP contribution in [0.15, 0.2) is 29.4 Å². The maximum atomic E-state index is 5.06. The van der Waals surface area contributed by atoms with Crippen molar-refractivity contribution in [2.75, 3.05) is 6.61 Å². The second-order valence-corrected chi connectivity index (χ2v) is 4.93. The summed E-state index contributed by atoms with van der Waals surface area (Å²) in [6.07, 6.45) is 0. The number of hydrogen-bond acceptors (Lipinski definition) is 2. The Morgan fingerprint density at radius 3 is 2.56 bits per heavy atom.